The molecule has 0 saturated heterocycles. The molecule has 0 aromatic heterocycles. The number of methoxy groups -OCH3 is 2. The molecule has 0 saturated carbocycles. The monoisotopic (exact) mass is 693 g/mol. The van der Waals surface area contributed by atoms with Crippen LogP contribution >= 0.6 is 23.2 Å². The molecule has 1 N–H and O–H groups in total. The van der Waals surface area contributed by atoms with Crippen molar-refractivity contribution in [2.45, 2.75) is 51.6 Å². The van der Waals surface area contributed by atoms with Crippen LogP contribution in [-0.4, -0.2) is 65.1 Å². The van der Waals surface area contributed by atoms with Crippen molar-refractivity contribution < 1.29 is 32.2 Å². The summed E-state index contributed by atoms with van der Waals surface area (Å²) in [5, 5.41) is 3.53. The van der Waals surface area contributed by atoms with E-state index in [4.69, 9.17) is 37.4 Å². The molecule has 0 aliphatic carbocycles. The van der Waals surface area contributed by atoms with Crippen LogP contribution in [0.4, 0.5) is 5.69 Å². The number of halogens is 2. The Bertz CT molecular complexity index is 1600. The maximum absolute atomic E-state index is 14.3. The van der Waals surface area contributed by atoms with E-state index < -0.39 is 28.5 Å². The molecule has 2 amide bonds. The highest BCUT2D eigenvalue weighted by atomic mass is 35.5. The van der Waals surface area contributed by atoms with E-state index in [-0.39, 0.29) is 46.1 Å². The number of nitrogens with one attached hydrogen (secondary N) is 1. The summed E-state index contributed by atoms with van der Waals surface area (Å²) in [7, 11) is -1.51. The number of benzene rings is 3. The molecule has 13 heteroatoms. The number of carbonyl (C=O) groups excluding carboxylic acids is 2. The molecular weight excluding hydrogens is 653 g/mol. The van der Waals surface area contributed by atoms with Crippen LogP contribution in [0.3, 0.4) is 0 Å². The molecule has 3 aromatic rings. The highest BCUT2D eigenvalue weighted by molar-refractivity contribution is 7.92. The Labute approximate surface area is 281 Å². The Morgan fingerprint density at radius 2 is 1.57 bits per heavy atom. The first-order valence-electron chi connectivity index (χ1n) is 14.8. The number of hydrogen-bond acceptors (Lipinski definition) is 7. The predicted molar refractivity (Wildman–Crippen MR) is 181 cm³/mol. The van der Waals surface area contributed by atoms with Gasteiger partial charge in [0.2, 0.25) is 11.8 Å². The molecule has 0 radical (unpaired) electrons. The number of sulfonamides is 1. The lowest BCUT2D eigenvalue weighted by molar-refractivity contribution is -0.140. The maximum atomic E-state index is 14.3. The Hall–Kier alpha value is -3.67. The largest absolute Gasteiger partial charge is 0.494 e. The van der Waals surface area contributed by atoms with Crippen molar-refractivity contribution in [2.75, 3.05) is 38.2 Å². The molecule has 0 unspecified atom stereocenters. The number of ether oxygens (including phenoxy) is 3. The van der Waals surface area contributed by atoms with E-state index in [0.717, 1.165) is 4.31 Å². The first-order valence-corrected chi connectivity index (χ1v) is 17.0. The number of anilines is 1. The second kappa shape index (κ2) is 16.8. The van der Waals surface area contributed by atoms with Gasteiger partial charge in [-0.3, -0.25) is 13.9 Å². The third-order valence-corrected chi connectivity index (χ3v) is 9.57. The van der Waals surface area contributed by atoms with Crippen LogP contribution in [0.15, 0.2) is 65.6 Å². The number of amides is 2. The van der Waals surface area contributed by atoms with E-state index in [1.807, 2.05) is 20.8 Å². The van der Waals surface area contributed by atoms with Gasteiger partial charge in [-0.2, -0.15) is 0 Å². The zero-order valence-electron chi connectivity index (χ0n) is 26.9. The highest BCUT2D eigenvalue weighted by Crippen LogP contribution is 2.33. The van der Waals surface area contributed by atoms with Crippen molar-refractivity contribution in [3.63, 3.8) is 0 Å². The van der Waals surface area contributed by atoms with Gasteiger partial charge in [0, 0.05) is 19.2 Å². The molecule has 0 fully saturated rings. The van der Waals surface area contributed by atoms with E-state index in [0.29, 0.717) is 35.2 Å². The molecule has 46 heavy (non-hydrogen) atoms. The van der Waals surface area contributed by atoms with Crippen LogP contribution in [0.1, 0.15) is 39.7 Å². The van der Waals surface area contributed by atoms with E-state index in [1.165, 1.54) is 37.3 Å². The minimum Gasteiger partial charge on any atom is -0.494 e. The average Bonchev–Trinajstić information content (AvgIpc) is 3.04. The van der Waals surface area contributed by atoms with Gasteiger partial charge in [-0.05, 0) is 73.4 Å². The summed E-state index contributed by atoms with van der Waals surface area (Å²) in [4.78, 5) is 29.0. The van der Waals surface area contributed by atoms with Gasteiger partial charge in [0.1, 0.15) is 18.3 Å². The van der Waals surface area contributed by atoms with Gasteiger partial charge >= 0.3 is 0 Å². The summed E-state index contributed by atoms with van der Waals surface area (Å²) in [6, 6.07) is 14.6. The molecule has 1 atom stereocenters. The fourth-order valence-corrected chi connectivity index (χ4v) is 6.44. The Balaban J connectivity index is 2.11. The Kier molecular flexibility index (Phi) is 13.4. The molecule has 0 bridgehead atoms. The number of nitrogens with zero attached hydrogens (tertiary/aromatic N) is 2. The summed E-state index contributed by atoms with van der Waals surface area (Å²) in [5.41, 5.74) is 0.839. The third kappa shape index (κ3) is 9.20. The number of hydrogen-bond donors (Lipinski definition) is 1. The summed E-state index contributed by atoms with van der Waals surface area (Å²) < 4.78 is 45.7. The lowest BCUT2D eigenvalue weighted by Crippen LogP contribution is -2.52. The molecule has 3 rings (SSSR count). The Morgan fingerprint density at radius 1 is 0.891 bits per heavy atom. The fraction of sp³-hybridized carbons (Fsp3) is 0.394. The topological polar surface area (TPSA) is 114 Å². The van der Waals surface area contributed by atoms with Crippen LogP contribution in [0.2, 0.25) is 10.0 Å². The van der Waals surface area contributed by atoms with E-state index >= 15 is 0 Å². The molecule has 250 valence electrons. The molecule has 0 heterocycles. The van der Waals surface area contributed by atoms with Gasteiger partial charge < -0.3 is 24.4 Å². The minimum atomic E-state index is -4.35. The standard InChI is InChI=1S/C33H41Cl2N3O7S/c1-7-29(33(40)36-19-22(3)4)37(20-23-9-15-27(34)28(35)17-23)32(39)21-38(24-10-12-25(13-11-24)45-8-2)46(41,42)26-14-16-30(43-5)31(18-26)44-6/h9-18,22,29H,7-8,19-21H2,1-6H3,(H,36,40)/t29-/m1/s1. The molecule has 0 spiro atoms. The van der Waals surface area contributed by atoms with Crippen molar-refractivity contribution in [3.8, 4) is 17.2 Å². The van der Waals surface area contributed by atoms with Gasteiger partial charge in [0.05, 0.1) is 41.5 Å². The van der Waals surface area contributed by atoms with Gasteiger partial charge in [-0.15, -0.1) is 0 Å². The Morgan fingerprint density at radius 3 is 2.13 bits per heavy atom. The van der Waals surface area contributed by atoms with Crippen LogP contribution in [0.25, 0.3) is 0 Å². The van der Waals surface area contributed by atoms with Crippen molar-refractivity contribution in [1.82, 2.24) is 10.2 Å². The van der Waals surface area contributed by atoms with Crippen molar-refractivity contribution in [3.05, 3.63) is 76.3 Å². The van der Waals surface area contributed by atoms with Gasteiger partial charge in [0.15, 0.2) is 11.5 Å². The normalized spacial score (nSPS) is 11.9. The third-order valence-electron chi connectivity index (χ3n) is 7.06. The van der Waals surface area contributed by atoms with E-state index in [2.05, 4.69) is 5.32 Å². The van der Waals surface area contributed by atoms with E-state index in [1.54, 1.807) is 49.4 Å². The number of carbonyl (C=O) groups is 2. The van der Waals surface area contributed by atoms with Crippen LogP contribution in [0, 0.1) is 5.92 Å². The zero-order valence-corrected chi connectivity index (χ0v) is 29.2. The average molecular weight is 695 g/mol. The SMILES string of the molecule is CCOc1ccc(N(CC(=O)N(Cc2ccc(Cl)c(Cl)c2)[C@H](CC)C(=O)NCC(C)C)S(=O)(=O)c2ccc(OC)c(OC)c2)cc1. The van der Waals surface area contributed by atoms with E-state index in [9.17, 15) is 18.0 Å². The fourth-order valence-electron chi connectivity index (χ4n) is 4.68. The van der Waals surface area contributed by atoms with Gasteiger partial charge in [0.25, 0.3) is 10.0 Å². The minimum absolute atomic E-state index is 0.0170. The second-order valence-electron chi connectivity index (χ2n) is 10.8. The smallest absolute Gasteiger partial charge is 0.264 e. The molecular formula is C33H41Cl2N3O7S. The summed E-state index contributed by atoms with van der Waals surface area (Å²) in [6.45, 7) is 7.77. The van der Waals surface area contributed by atoms with Crippen LogP contribution in [0.5, 0.6) is 17.2 Å². The maximum Gasteiger partial charge on any atom is 0.264 e. The summed E-state index contributed by atoms with van der Waals surface area (Å²) in [6.07, 6.45) is 0.280. The number of rotatable bonds is 16. The van der Waals surface area contributed by atoms with Crippen LogP contribution < -0.4 is 23.8 Å². The molecule has 10 nitrogen and oxygen atoms in total. The summed E-state index contributed by atoms with van der Waals surface area (Å²) >= 11 is 12.4. The van der Waals surface area contributed by atoms with Gasteiger partial charge in [-0.25, -0.2) is 8.42 Å². The van der Waals surface area contributed by atoms with Crippen molar-refractivity contribution in [1.29, 1.82) is 0 Å². The second-order valence-corrected chi connectivity index (χ2v) is 13.5. The zero-order chi connectivity index (χ0) is 34.0. The lowest BCUT2D eigenvalue weighted by Gasteiger charge is -2.33. The highest BCUT2D eigenvalue weighted by Gasteiger charge is 2.34. The molecule has 3 aromatic carbocycles. The van der Waals surface area contributed by atoms with Crippen molar-refractivity contribution >= 4 is 50.7 Å². The predicted octanol–water partition coefficient (Wildman–Crippen LogP) is 6.18. The molecule has 0 aliphatic heterocycles. The van der Waals surface area contributed by atoms with Crippen molar-refractivity contribution in [2.24, 2.45) is 5.92 Å². The molecule has 0 aliphatic rings. The summed E-state index contributed by atoms with van der Waals surface area (Å²) in [5.74, 6) is 0.319. The lowest BCUT2D eigenvalue weighted by atomic mass is 10.1. The first kappa shape index (κ1) is 36.8. The van der Waals surface area contributed by atoms with Crippen LogP contribution in [-0.2, 0) is 26.2 Å². The van der Waals surface area contributed by atoms with Gasteiger partial charge in [-0.1, -0.05) is 50.0 Å². The quantitative estimate of drug-likeness (QED) is 0.190. The first-order chi connectivity index (χ1) is 21.9.